The molecule has 15 heavy (non-hydrogen) atoms. The van der Waals surface area contributed by atoms with Gasteiger partial charge in [0.25, 0.3) is 9.05 Å². The van der Waals surface area contributed by atoms with Gasteiger partial charge in [-0.1, -0.05) is 6.92 Å². The third-order valence-electron chi connectivity index (χ3n) is 1.95. The fourth-order valence-electron chi connectivity index (χ4n) is 1.20. The molecule has 0 aromatic heterocycles. The number of phenolic OH excluding ortho intramolecular Hbond substituents is 1. The Labute approximate surface area is 92.1 Å². The summed E-state index contributed by atoms with van der Waals surface area (Å²) in [5.41, 5.74) is 0.786. The van der Waals surface area contributed by atoms with Crippen molar-refractivity contribution in [2.24, 2.45) is 0 Å². The van der Waals surface area contributed by atoms with Gasteiger partial charge in [0.05, 0.1) is 11.6 Å². The Balaban J connectivity index is 3.55. The molecular weight excluding hydrogens is 238 g/mol. The van der Waals surface area contributed by atoms with E-state index >= 15 is 0 Å². The molecule has 0 spiro atoms. The van der Waals surface area contributed by atoms with Crippen LogP contribution in [0.15, 0.2) is 17.0 Å². The SMILES string of the molecule is CCc1cc(O)c(S(=O)(=O)Cl)cc1C#N. The van der Waals surface area contributed by atoms with E-state index < -0.39 is 19.7 Å². The van der Waals surface area contributed by atoms with Crippen molar-refractivity contribution in [3.63, 3.8) is 0 Å². The summed E-state index contributed by atoms with van der Waals surface area (Å²) in [7, 11) is 1.07. The van der Waals surface area contributed by atoms with Crippen LogP contribution in [0.1, 0.15) is 18.1 Å². The number of aryl methyl sites for hydroxylation is 1. The van der Waals surface area contributed by atoms with Crippen molar-refractivity contribution < 1.29 is 13.5 Å². The number of hydrogen-bond acceptors (Lipinski definition) is 4. The third-order valence-corrected chi connectivity index (χ3v) is 3.30. The zero-order chi connectivity index (χ0) is 11.6. The van der Waals surface area contributed by atoms with Crippen molar-refractivity contribution >= 4 is 19.7 Å². The van der Waals surface area contributed by atoms with Crippen molar-refractivity contribution in [3.05, 3.63) is 23.3 Å². The van der Waals surface area contributed by atoms with Gasteiger partial charge in [0, 0.05) is 10.7 Å². The Bertz CT molecular complexity index is 531. The van der Waals surface area contributed by atoms with Gasteiger partial charge in [-0.15, -0.1) is 0 Å². The number of nitrogens with zero attached hydrogens (tertiary/aromatic N) is 1. The molecule has 0 radical (unpaired) electrons. The van der Waals surface area contributed by atoms with Crippen molar-refractivity contribution in [3.8, 4) is 11.8 Å². The van der Waals surface area contributed by atoms with Gasteiger partial charge in [-0.3, -0.25) is 0 Å². The minimum absolute atomic E-state index is 0.203. The maximum Gasteiger partial charge on any atom is 0.265 e. The number of benzene rings is 1. The molecule has 1 rings (SSSR count). The second-order valence-electron chi connectivity index (χ2n) is 2.88. The van der Waals surface area contributed by atoms with E-state index in [-0.39, 0.29) is 5.56 Å². The maximum absolute atomic E-state index is 11.0. The Morgan fingerprint density at radius 2 is 2.13 bits per heavy atom. The fourth-order valence-corrected chi connectivity index (χ4v) is 2.14. The van der Waals surface area contributed by atoms with Crippen molar-refractivity contribution in [2.75, 3.05) is 0 Å². The number of nitriles is 1. The molecule has 1 aromatic rings. The summed E-state index contributed by atoms with van der Waals surface area (Å²) in [6.45, 7) is 1.80. The van der Waals surface area contributed by atoms with Crippen LogP contribution in [-0.2, 0) is 15.5 Å². The van der Waals surface area contributed by atoms with Crippen LogP contribution in [0.5, 0.6) is 5.75 Å². The molecule has 0 bridgehead atoms. The predicted octanol–water partition coefficient (Wildman–Crippen LogP) is 1.75. The van der Waals surface area contributed by atoms with Crippen LogP contribution in [0.25, 0.3) is 0 Å². The number of aromatic hydroxyl groups is 1. The molecule has 0 fully saturated rings. The van der Waals surface area contributed by atoms with E-state index in [9.17, 15) is 13.5 Å². The first kappa shape index (κ1) is 11.8. The molecule has 0 heterocycles. The van der Waals surface area contributed by atoms with Crippen LogP contribution in [0.4, 0.5) is 0 Å². The van der Waals surface area contributed by atoms with Crippen LogP contribution < -0.4 is 0 Å². The van der Waals surface area contributed by atoms with Crippen molar-refractivity contribution in [1.82, 2.24) is 0 Å². The average molecular weight is 246 g/mol. The first-order chi connectivity index (χ1) is 6.90. The molecule has 0 aliphatic carbocycles. The Hall–Kier alpha value is -1.25. The van der Waals surface area contributed by atoms with E-state index in [4.69, 9.17) is 15.9 Å². The highest BCUT2D eigenvalue weighted by Gasteiger charge is 2.18. The highest BCUT2D eigenvalue weighted by Crippen LogP contribution is 2.29. The van der Waals surface area contributed by atoms with E-state index in [0.29, 0.717) is 12.0 Å². The molecule has 80 valence electrons. The van der Waals surface area contributed by atoms with E-state index in [1.54, 1.807) is 6.92 Å². The molecule has 4 nitrogen and oxygen atoms in total. The summed E-state index contributed by atoms with van der Waals surface area (Å²) in [6, 6.07) is 4.18. The molecule has 1 N–H and O–H groups in total. The summed E-state index contributed by atoms with van der Waals surface area (Å²) < 4.78 is 22.0. The second-order valence-corrected chi connectivity index (χ2v) is 5.41. The van der Waals surface area contributed by atoms with Crippen LogP contribution in [-0.4, -0.2) is 13.5 Å². The van der Waals surface area contributed by atoms with Gasteiger partial charge in [0.15, 0.2) is 0 Å². The lowest BCUT2D eigenvalue weighted by Crippen LogP contribution is -1.96. The molecule has 0 unspecified atom stereocenters. The van der Waals surface area contributed by atoms with Gasteiger partial charge < -0.3 is 5.11 Å². The van der Waals surface area contributed by atoms with E-state index in [1.165, 1.54) is 6.07 Å². The minimum Gasteiger partial charge on any atom is -0.507 e. The summed E-state index contributed by atoms with van der Waals surface area (Å²) in [5.74, 6) is -0.430. The van der Waals surface area contributed by atoms with E-state index in [1.807, 2.05) is 6.07 Å². The van der Waals surface area contributed by atoms with Gasteiger partial charge in [0.1, 0.15) is 10.6 Å². The molecule has 0 aliphatic heterocycles. The van der Waals surface area contributed by atoms with Crippen LogP contribution >= 0.6 is 10.7 Å². The lowest BCUT2D eigenvalue weighted by Gasteiger charge is -2.05. The first-order valence-electron chi connectivity index (χ1n) is 4.10. The van der Waals surface area contributed by atoms with E-state index in [2.05, 4.69) is 0 Å². The predicted molar refractivity (Wildman–Crippen MR) is 55.2 cm³/mol. The zero-order valence-electron chi connectivity index (χ0n) is 7.86. The largest absolute Gasteiger partial charge is 0.507 e. The molecule has 0 saturated carbocycles. The molecule has 0 aliphatic rings. The molecule has 1 aromatic carbocycles. The fraction of sp³-hybridized carbons (Fsp3) is 0.222. The van der Waals surface area contributed by atoms with Crippen molar-refractivity contribution in [2.45, 2.75) is 18.2 Å². The van der Waals surface area contributed by atoms with Crippen LogP contribution in [0.2, 0.25) is 0 Å². The van der Waals surface area contributed by atoms with Gasteiger partial charge in [0.2, 0.25) is 0 Å². The van der Waals surface area contributed by atoms with E-state index in [0.717, 1.165) is 6.07 Å². The average Bonchev–Trinajstić information content (AvgIpc) is 2.15. The van der Waals surface area contributed by atoms with Crippen LogP contribution in [0, 0.1) is 11.3 Å². The molecule has 0 saturated heterocycles. The monoisotopic (exact) mass is 245 g/mol. The lowest BCUT2D eigenvalue weighted by atomic mass is 10.1. The zero-order valence-corrected chi connectivity index (χ0v) is 9.43. The Morgan fingerprint density at radius 3 is 2.53 bits per heavy atom. The molecule has 6 heteroatoms. The Morgan fingerprint density at radius 1 is 1.53 bits per heavy atom. The standard InChI is InChI=1S/C9H8ClNO3S/c1-2-6-3-8(12)9(15(10,13)14)4-7(6)5-11/h3-4,12H,2H2,1H3. The molecule has 0 atom stereocenters. The maximum atomic E-state index is 11.0. The smallest absolute Gasteiger partial charge is 0.265 e. The number of rotatable bonds is 2. The summed E-state index contributed by atoms with van der Waals surface area (Å²) in [6.07, 6.45) is 0.527. The summed E-state index contributed by atoms with van der Waals surface area (Å²) >= 11 is 0. The van der Waals surface area contributed by atoms with Gasteiger partial charge in [-0.05, 0) is 24.1 Å². The molecular formula is C9H8ClNO3S. The normalized spacial score (nSPS) is 11.0. The van der Waals surface area contributed by atoms with Gasteiger partial charge >= 0.3 is 0 Å². The van der Waals surface area contributed by atoms with Gasteiger partial charge in [-0.25, -0.2) is 8.42 Å². The van der Waals surface area contributed by atoms with Crippen LogP contribution in [0.3, 0.4) is 0 Å². The topological polar surface area (TPSA) is 78.2 Å². The number of phenols is 1. The molecule has 0 amide bonds. The Kier molecular flexibility index (Phi) is 3.22. The second kappa shape index (κ2) is 4.09. The highest BCUT2D eigenvalue weighted by atomic mass is 35.7. The van der Waals surface area contributed by atoms with Gasteiger partial charge in [-0.2, -0.15) is 5.26 Å². The van der Waals surface area contributed by atoms with Crippen molar-refractivity contribution in [1.29, 1.82) is 5.26 Å². The lowest BCUT2D eigenvalue weighted by molar-refractivity contribution is 0.458. The minimum atomic E-state index is -4.02. The number of hydrogen-bond donors (Lipinski definition) is 1. The summed E-state index contributed by atoms with van der Waals surface area (Å²) in [5, 5.41) is 18.2. The quantitative estimate of drug-likeness (QED) is 0.806. The third kappa shape index (κ3) is 2.41. The number of halogens is 1. The first-order valence-corrected chi connectivity index (χ1v) is 6.41. The highest BCUT2D eigenvalue weighted by molar-refractivity contribution is 8.13. The summed E-state index contributed by atoms with van der Waals surface area (Å²) in [4.78, 5) is -0.432.